The largest absolute Gasteiger partial charge is 0.324 e. The maximum absolute atomic E-state index is 13.1. The Hall–Kier alpha value is -1.17. The van der Waals surface area contributed by atoms with E-state index >= 15 is 0 Å². The van der Waals surface area contributed by atoms with Gasteiger partial charge in [-0.3, -0.25) is 5.32 Å². The van der Waals surface area contributed by atoms with E-state index < -0.39 is 0 Å². The minimum Gasteiger partial charge on any atom is -0.319 e. The van der Waals surface area contributed by atoms with Crippen molar-refractivity contribution in [3.8, 4) is 0 Å². The van der Waals surface area contributed by atoms with Gasteiger partial charge in [-0.25, -0.2) is 4.79 Å². The van der Waals surface area contributed by atoms with Crippen molar-refractivity contribution in [1.82, 2.24) is 15.1 Å². The molecule has 0 saturated heterocycles. The highest BCUT2D eigenvalue weighted by Crippen LogP contribution is 2.42. The van der Waals surface area contributed by atoms with E-state index in [1.54, 1.807) is 11.3 Å². The van der Waals surface area contributed by atoms with E-state index in [1.165, 1.54) is 51.4 Å². The van der Waals surface area contributed by atoms with Gasteiger partial charge >= 0.3 is 6.03 Å². The molecular formula is C18H28N4OS. The molecule has 4 rings (SSSR count). The number of rotatable bonds is 4. The summed E-state index contributed by atoms with van der Waals surface area (Å²) in [5.41, 5.74) is 0. The molecule has 3 fully saturated rings. The zero-order valence-electron chi connectivity index (χ0n) is 14.4. The summed E-state index contributed by atoms with van der Waals surface area (Å²) in [6.07, 6.45) is 14.7. The van der Waals surface area contributed by atoms with Crippen molar-refractivity contribution in [2.45, 2.75) is 95.1 Å². The van der Waals surface area contributed by atoms with Gasteiger partial charge in [-0.05, 0) is 38.5 Å². The standard InChI is InChI=1S/C18H28N4OS/c23-18(19-17-21-20-16(24-17)13-11-12-13)22(14-7-3-1-4-8-14)15-9-5-2-6-10-15/h13-15H,1-12H2,(H,19,21,23). The Morgan fingerprint density at radius 1 is 0.875 bits per heavy atom. The first-order chi connectivity index (χ1) is 11.8. The van der Waals surface area contributed by atoms with Crippen LogP contribution in [0.2, 0.25) is 0 Å². The number of carbonyl (C=O) groups is 1. The van der Waals surface area contributed by atoms with E-state index in [2.05, 4.69) is 20.4 Å². The molecular weight excluding hydrogens is 320 g/mol. The molecule has 1 aromatic heterocycles. The van der Waals surface area contributed by atoms with Gasteiger partial charge in [0.15, 0.2) is 0 Å². The van der Waals surface area contributed by atoms with Gasteiger partial charge in [0.1, 0.15) is 5.01 Å². The molecule has 0 aromatic carbocycles. The average molecular weight is 349 g/mol. The van der Waals surface area contributed by atoms with Gasteiger partial charge in [0, 0.05) is 18.0 Å². The molecule has 5 nitrogen and oxygen atoms in total. The predicted molar refractivity (Wildman–Crippen MR) is 96.5 cm³/mol. The van der Waals surface area contributed by atoms with Gasteiger partial charge in [0.25, 0.3) is 0 Å². The number of hydrogen-bond acceptors (Lipinski definition) is 4. The number of nitrogens with zero attached hydrogens (tertiary/aromatic N) is 3. The molecule has 0 atom stereocenters. The number of aromatic nitrogens is 2. The molecule has 1 heterocycles. The van der Waals surface area contributed by atoms with Crippen LogP contribution in [0.25, 0.3) is 0 Å². The highest BCUT2D eigenvalue weighted by atomic mass is 32.1. The van der Waals surface area contributed by atoms with E-state index in [1.807, 2.05) is 0 Å². The van der Waals surface area contributed by atoms with Crippen LogP contribution in [0.1, 0.15) is 88.0 Å². The second kappa shape index (κ2) is 7.38. The van der Waals surface area contributed by atoms with Crippen LogP contribution in [-0.4, -0.2) is 33.2 Å². The van der Waals surface area contributed by atoms with Crippen molar-refractivity contribution < 1.29 is 4.79 Å². The minimum absolute atomic E-state index is 0.0623. The van der Waals surface area contributed by atoms with E-state index in [4.69, 9.17) is 0 Å². The Morgan fingerprint density at radius 2 is 1.46 bits per heavy atom. The van der Waals surface area contributed by atoms with Crippen LogP contribution in [0.5, 0.6) is 0 Å². The Morgan fingerprint density at radius 3 is 2.00 bits per heavy atom. The molecule has 0 unspecified atom stereocenters. The van der Waals surface area contributed by atoms with E-state index in [9.17, 15) is 4.79 Å². The van der Waals surface area contributed by atoms with Gasteiger partial charge in [-0.2, -0.15) is 0 Å². The van der Waals surface area contributed by atoms with E-state index in [0.29, 0.717) is 23.1 Å². The van der Waals surface area contributed by atoms with Crippen LogP contribution >= 0.6 is 11.3 Å². The lowest BCUT2D eigenvalue weighted by molar-refractivity contribution is 0.114. The number of amides is 2. The topological polar surface area (TPSA) is 58.1 Å². The van der Waals surface area contributed by atoms with E-state index in [-0.39, 0.29) is 6.03 Å². The second-order valence-corrected chi connectivity index (χ2v) is 8.65. The molecule has 1 aromatic rings. The normalized spacial score (nSPS) is 23.2. The summed E-state index contributed by atoms with van der Waals surface area (Å²) in [7, 11) is 0. The first-order valence-corrected chi connectivity index (χ1v) is 10.6. The van der Waals surface area contributed by atoms with Crippen molar-refractivity contribution in [1.29, 1.82) is 0 Å². The summed E-state index contributed by atoms with van der Waals surface area (Å²) in [6.45, 7) is 0. The van der Waals surface area contributed by atoms with Gasteiger partial charge in [0.05, 0.1) is 0 Å². The first-order valence-electron chi connectivity index (χ1n) is 9.74. The van der Waals surface area contributed by atoms with Crippen molar-refractivity contribution in [3.05, 3.63) is 5.01 Å². The maximum atomic E-state index is 13.1. The van der Waals surface area contributed by atoms with Gasteiger partial charge in [-0.15, -0.1) is 10.2 Å². The zero-order valence-corrected chi connectivity index (χ0v) is 15.2. The lowest BCUT2D eigenvalue weighted by Crippen LogP contribution is -2.50. The zero-order chi connectivity index (χ0) is 16.4. The van der Waals surface area contributed by atoms with Crippen LogP contribution in [-0.2, 0) is 0 Å². The fourth-order valence-electron chi connectivity index (χ4n) is 4.28. The monoisotopic (exact) mass is 348 g/mol. The third kappa shape index (κ3) is 3.73. The third-order valence-electron chi connectivity index (χ3n) is 5.75. The Kier molecular flexibility index (Phi) is 5.01. The molecule has 0 aliphatic heterocycles. The third-order valence-corrected chi connectivity index (χ3v) is 6.75. The Balaban J connectivity index is 1.46. The van der Waals surface area contributed by atoms with Crippen LogP contribution in [0, 0.1) is 0 Å². The summed E-state index contributed by atoms with van der Waals surface area (Å²) in [5.74, 6) is 0.598. The first kappa shape index (κ1) is 16.3. The molecule has 6 heteroatoms. The number of urea groups is 1. The molecule has 0 bridgehead atoms. The van der Waals surface area contributed by atoms with Crippen LogP contribution in [0.15, 0.2) is 0 Å². The number of carbonyl (C=O) groups excluding carboxylic acids is 1. The summed E-state index contributed by atoms with van der Waals surface area (Å²) >= 11 is 1.56. The number of anilines is 1. The van der Waals surface area contributed by atoms with Gasteiger partial charge < -0.3 is 4.90 Å². The van der Waals surface area contributed by atoms with Crippen LogP contribution in [0.3, 0.4) is 0 Å². The minimum atomic E-state index is 0.0623. The molecule has 24 heavy (non-hydrogen) atoms. The summed E-state index contributed by atoms with van der Waals surface area (Å²) in [6, 6.07) is 0.891. The Labute approximate surface area is 148 Å². The highest BCUT2D eigenvalue weighted by molar-refractivity contribution is 7.15. The van der Waals surface area contributed by atoms with Crippen molar-refractivity contribution in [2.24, 2.45) is 0 Å². The molecule has 3 aliphatic carbocycles. The second-order valence-electron chi connectivity index (χ2n) is 7.64. The van der Waals surface area contributed by atoms with Crippen molar-refractivity contribution in [2.75, 3.05) is 5.32 Å². The van der Waals surface area contributed by atoms with Crippen molar-refractivity contribution in [3.63, 3.8) is 0 Å². The van der Waals surface area contributed by atoms with Gasteiger partial charge in [0.2, 0.25) is 5.13 Å². The Bertz CT molecular complexity index is 541. The fourth-order valence-corrected chi connectivity index (χ4v) is 5.19. The quantitative estimate of drug-likeness (QED) is 0.840. The molecule has 3 aliphatic rings. The molecule has 3 saturated carbocycles. The number of hydrogen-bond donors (Lipinski definition) is 1. The summed E-state index contributed by atoms with van der Waals surface area (Å²) in [5, 5.41) is 13.3. The lowest BCUT2D eigenvalue weighted by Gasteiger charge is -2.41. The fraction of sp³-hybridized carbons (Fsp3) is 0.833. The molecule has 0 radical (unpaired) electrons. The predicted octanol–water partition coefficient (Wildman–Crippen LogP) is 4.91. The average Bonchev–Trinajstić information content (AvgIpc) is 3.37. The highest BCUT2D eigenvalue weighted by Gasteiger charge is 2.33. The summed E-state index contributed by atoms with van der Waals surface area (Å²) in [4.78, 5) is 15.3. The number of nitrogens with one attached hydrogen (secondary N) is 1. The smallest absolute Gasteiger partial charge is 0.319 e. The molecule has 1 N–H and O–H groups in total. The SMILES string of the molecule is O=C(Nc1nnc(C2CC2)s1)N(C1CCCCC1)C1CCCCC1. The molecule has 132 valence electrons. The van der Waals surface area contributed by atoms with E-state index in [0.717, 1.165) is 30.7 Å². The van der Waals surface area contributed by atoms with Crippen molar-refractivity contribution >= 4 is 22.5 Å². The van der Waals surface area contributed by atoms with Crippen LogP contribution in [0.4, 0.5) is 9.93 Å². The van der Waals surface area contributed by atoms with Crippen LogP contribution < -0.4 is 5.32 Å². The summed E-state index contributed by atoms with van der Waals surface area (Å²) < 4.78 is 0. The molecule has 2 amide bonds. The maximum Gasteiger partial charge on any atom is 0.324 e. The molecule has 0 spiro atoms. The lowest BCUT2D eigenvalue weighted by atomic mass is 9.89. The van der Waals surface area contributed by atoms with Gasteiger partial charge in [-0.1, -0.05) is 49.9 Å².